The van der Waals surface area contributed by atoms with Crippen molar-refractivity contribution in [1.29, 1.82) is 0 Å². The predicted molar refractivity (Wildman–Crippen MR) is 70.2 cm³/mol. The number of amides is 1. The molecule has 0 atom stereocenters. The molecule has 0 aliphatic heterocycles. The molecule has 2 aromatic rings. The molecule has 6 nitrogen and oxygen atoms in total. The predicted octanol–water partition coefficient (Wildman–Crippen LogP) is 2.08. The third-order valence-electron chi connectivity index (χ3n) is 2.55. The standard InChI is InChI=1S/C13H11F3N4O2/c1-22-11-3-2-8(7-18-11)6-10(21)19-9-4-5-17-12(20-9)13(14,15)16/h2-5,7H,6H2,1H3,(H,17,19,20,21). The lowest BCUT2D eigenvalue weighted by Gasteiger charge is -2.08. The number of anilines is 1. The number of rotatable bonds is 4. The van der Waals surface area contributed by atoms with E-state index in [1.54, 1.807) is 12.1 Å². The number of alkyl halides is 3. The molecule has 0 bridgehead atoms. The van der Waals surface area contributed by atoms with Crippen molar-refractivity contribution < 1.29 is 22.7 Å². The first-order valence-electron chi connectivity index (χ1n) is 6.07. The maximum Gasteiger partial charge on any atom is 0.451 e. The van der Waals surface area contributed by atoms with Crippen molar-refractivity contribution >= 4 is 11.7 Å². The SMILES string of the molecule is COc1ccc(CC(=O)Nc2ccnc(C(F)(F)F)n2)cn1. The molecule has 116 valence electrons. The van der Waals surface area contributed by atoms with Crippen LogP contribution in [0.4, 0.5) is 19.0 Å². The summed E-state index contributed by atoms with van der Waals surface area (Å²) in [5.74, 6) is -1.64. The molecular weight excluding hydrogens is 301 g/mol. The third-order valence-corrected chi connectivity index (χ3v) is 2.55. The van der Waals surface area contributed by atoms with Crippen molar-refractivity contribution in [2.24, 2.45) is 0 Å². The summed E-state index contributed by atoms with van der Waals surface area (Å²) in [6, 6.07) is 4.39. The lowest BCUT2D eigenvalue weighted by atomic mass is 10.2. The van der Waals surface area contributed by atoms with Gasteiger partial charge in [-0.2, -0.15) is 13.2 Å². The van der Waals surface area contributed by atoms with Gasteiger partial charge in [-0.05, 0) is 11.6 Å². The molecule has 1 amide bonds. The first kappa shape index (κ1) is 15.7. The van der Waals surface area contributed by atoms with Gasteiger partial charge in [-0.25, -0.2) is 15.0 Å². The quantitative estimate of drug-likeness (QED) is 0.935. The highest BCUT2D eigenvalue weighted by Crippen LogP contribution is 2.26. The van der Waals surface area contributed by atoms with Crippen molar-refractivity contribution in [3.05, 3.63) is 42.0 Å². The van der Waals surface area contributed by atoms with Crippen LogP contribution in [-0.2, 0) is 17.4 Å². The van der Waals surface area contributed by atoms with Crippen LogP contribution in [0.25, 0.3) is 0 Å². The minimum Gasteiger partial charge on any atom is -0.481 e. The first-order chi connectivity index (χ1) is 10.4. The van der Waals surface area contributed by atoms with Gasteiger partial charge in [0.1, 0.15) is 5.82 Å². The number of hydrogen-bond acceptors (Lipinski definition) is 5. The van der Waals surface area contributed by atoms with Crippen LogP contribution in [0.3, 0.4) is 0 Å². The highest BCUT2D eigenvalue weighted by Gasteiger charge is 2.34. The normalized spacial score (nSPS) is 11.1. The Bertz CT molecular complexity index is 659. The van der Waals surface area contributed by atoms with Gasteiger partial charge in [0.15, 0.2) is 0 Å². The lowest BCUT2D eigenvalue weighted by molar-refractivity contribution is -0.144. The van der Waals surface area contributed by atoms with Crippen LogP contribution < -0.4 is 10.1 Å². The number of nitrogens with one attached hydrogen (secondary N) is 1. The molecule has 9 heteroatoms. The Morgan fingerprint density at radius 2 is 2.05 bits per heavy atom. The van der Waals surface area contributed by atoms with Crippen molar-refractivity contribution in [3.8, 4) is 5.88 Å². The Kier molecular flexibility index (Phi) is 4.54. The molecule has 0 aliphatic rings. The van der Waals surface area contributed by atoms with E-state index in [-0.39, 0.29) is 12.2 Å². The molecule has 1 N–H and O–H groups in total. The van der Waals surface area contributed by atoms with Crippen LogP contribution in [0.1, 0.15) is 11.4 Å². The monoisotopic (exact) mass is 312 g/mol. The van der Waals surface area contributed by atoms with Gasteiger partial charge >= 0.3 is 6.18 Å². The van der Waals surface area contributed by atoms with E-state index in [2.05, 4.69) is 20.3 Å². The smallest absolute Gasteiger partial charge is 0.451 e. The van der Waals surface area contributed by atoms with E-state index in [9.17, 15) is 18.0 Å². The number of carbonyl (C=O) groups excluding carboxylic acids is 1. The highest BCUT2D eigenvalue weighted by molar-refractivity contribution is 5.91. The van der Waals surface area contributed by atoms with Gasteiger partial charge in [0, 0.05) is 18.5 Å². The summed E-state index contributed by atoms with van der Waals surface area (Å²) in [7, 11) is 1.46. The number of aromatic nitrogens is 3. The van der Waals surface area contributed by atoms with E-state index in [0.29, 0.717) is 11.4 Å². The molecule has 2 heterocycles. The Morgan fingerprint density at radius 1 is 1.27 bits per heavy atom. The molecular formula is C13H11F3N4O2. The summed E-state index contributed by atoms with van der Waals surface area (Å²) in [6.07, 6.45) is -2.34. The second-order valence-electron chi connectivity index (χ2n) is 4.20. The van der Waals surface area contributed by atoms with E-state index in [1.165, 1.54) is 19.4 Å². The van der Waals surface area contributed by atoms with Crippen LogP contribution in [0, 0.1) is 0 Å². The van der Waals surface area contributed by atoms with Gasteiger partial charge in [-0.3, -0.25) is 4.79 Å². The largest absolute Gasteiger partial charge is 0.481 e. The van der Waals surface area contributed by atoms with E-state index < -0.39 is 17.9 Å². The summed E-state index contributed by atoms with van der Waals surface area (Å²) >= 11 is 0. The maximum atomic E-state index is 12.5. The van der Waals surface area contributed by atoms with Crippen LogP contribution >= 0.6 is 0 Å². The first-order valence-corrected chi connectivity index (χ1v) is 6.07. The second-order valence-corrected chi connectivity index (χ2v) is 4.20. The van der Waals surface area contributed by atoms with E-state index in [1.807, 2.05) is 0 Å². The zero-order valence-electron chi connectivity index (χ0n) is 11.4. The molecule has 0 spiro atoms. The number of hydrogen-bond donors (Lipinski definition) is 1. The van der Waals surface area contributed by atoms with Crippen molar-refractivity contribution in [3.63, 3.8) is 0 Å². The fourth-order valence-corrected chi connectivity index (χ4v) is 1.57. The van der Waals surface area contributed by atoms with Crippen LogP contribution in [0.5, 0.6) is 5.88 Å². The minimum absolute atomic E-state index is 0.0532. The van der Waals surface area contributed by atoms with Crippen molar-refractivity contribution in [1.82, 2.24) is 15.0 Å². The summed E-state index contributed by atoms with van der Waals surface area (Å²) in [4.78, 5) is 22.1. The number of halogens is 3. The van der Waals surface area contributed by atoms with Gasteiger partial charge in [0.2, 0.25) is 17.6 Å². The fourth-order valence-electron chi connectivity index (χ4n) is 1.57. The average molecular weight is 312 g/mol. The van der Waals surface area contributed by atoms with Gasteiger partial charge < -0.3 is 10.1 Å². The number of methoxy groups -OCH3 is 1. The second kappa shape index (κ2) is 6.37. The lowest BCUT2D eigenvalue weighted by Crippen LogP contribution is -2.18. The highest BCUT2D eigenvalue weighted by atomic mass is 19.4. The molecule has 2 rings (SSSR count). The maximum absolute atomic E-state index is 12.5. The topological polar surface area (TPSA) is 77.0 Å². The van der Waals surface area contributed by atoms with Gasteiger partial charge in [-0.15, -0.1) is 0 Å². The number of pyridine rings is 1. The average Bonchev–Trinajstić information content (AvgIpc) is 2.47. The summed E-state index contributed by atoms with van der Waals surface area (Å²) in [5, 5.41) is 2.28. The Labute approximate surface area is 123 Å². The van der Waals surface area contributed by atoms with Gasteiger partial charge in [0.25, 0.3) is 0 Å². The van der Waals surface area contributed by atoms with Gasteiger partial charge in [0.05, 0.1) is 13.5 Å². The van der Waals surface area contributed by atoms with E-state index in [0.717, 1.165) is 6.20 Å². The Hall–Kier alpha value is -2.71. The van der Waals surface area contributed by atoms with Crippen LogP contribution in [0.2, 0.25) is 0 Å². The molecule has 0 aliphatic carbocycles. The van der Waals surface area contributed by atoms with Crippen LogP contribution in [0.15, 0.2) is 30.6 Å². The molecule has 0 fully saturated rings. The van der Waals surface area contributed by atoms with E-state index >= 15 is 0 Å². The minimum atomic E-state index is -4.67. The summed E-state index contributed by atoms with van der Waals surface area (Å²) in [5.41, 5.74) is 0.586. The Morgan fingerprint density at radius 3 is 2.64 bits per heavy atom. The molecule has 0 radical (unpaired) electrons. The summed E-state index contributed by atoms with van der Waals surface area (Å²) < 4.78 is 42.3. The molecule has 2 aromatic heterocycles. The fraction of sp³-hybridized carbons (Fsp3) is 0.231. The molecule has 0 saturated heterocycles. The zero-order chi connectivity index (χ0) is 16.2. The molecule has 0 saturated carbocycles. The number of carbonyl (C=O) groups is 1. The molecule has 0 aromatic carbocycles. The summed E-state index contributed by atoms with van der Waals surface area (Å²) in [6.45, 7) is 0. The third kappa shape index (κ3) is 4.14. The molecule has 22 heavy (non-hydrogen) atoms. The van der Waals surface area contributed by atoms with Gasteiger partial charge in [-0.1, -0.05) is 6.07 Å². The van der Waals surface area contributed by atoms with Crippen molar-refractivity contribution in [2.45, 2.75) is 12.6 Å². The van der Waals surface area contributed by atoms with Crippen molar-refractivity contribution in [2.75, 3.05) is 12.4 Å². The van der Waals surface area contributed by atoms with Crippen LogP contribution in [-0.4, -0.2) is 28.0 Å². The number of nitrogens with zero attached hydrogens (tertiary/aromatic N) is 3. The Balaban J connectivity index is 2.02. The zero-order valence-corrected chi connectivity index (χ0v) is 11.4. The number of ether oxygens (including phenoxy) is 1. The molecule has 0 unspecified atom stereocenters. The van der Waals surface area contributed by atoms with E-state index in [4.69, 9.17) is 4.74 Å².